The van der Waals surface area contributed by atoms with Crippen LogP contribution in [0.4, 0.5) is 0 Å². The summed E-state index contributed by atoms with van der Waals surface area (Å²) in [7, 11) is 0. The molecular formula is C25H29N3O3S2. The number of carbonyl (C=O) groups excluding carboxylic acids is 1. The van der Waals surface area contributed by atoms with Crippen molar-refractivity contribution in [2.24, 2.45) is 0 Å². The molecule has 0 bridgehead atoms. The number of hydrogen-bond donors (Lipinski definition) is 1. The molecule has 33 heavy (non-hydrogen) atoms. The van der Waals surface area contributed by atoms with Crippen LogP contribution in [0.2, 0.25) is 0 Å². The van der Waals surface area contributed by atoms with Crippen molar-refractivity contribution in [3.8, 4) is 11.4 Å². The van der Waals surface area contributed by atoms with Crippen molar-refractivity contribution in [3.63, 3.8) is 0 Å². The van der Waals surface area contributed by atoms with E-state index in [0.717, 1.165) is 59.3 Å². The van der Waals surface area contributed by atoms with Gasteiger partial charge in [0.1, 0.15) is 10.6 Å². The SMILES string of the molecule is CCOc1ccc(-n2c(SC(C)C(=O)NC3CCCC3)nc3sc4c(c3c2=O)CCC4)cc1. The molecule has 0 radical (unpaired) electrons. The zero-order valence-electron chi connectivity index (χ0n) is 19.1. The number of hydrogen-bond acceptors (Lipinski definition) is 6. The number of rotatable bonds is 7. The summed E-state index contributed by atoms with van der Waals surface area (Å²) in [5, 5.41) is 4.13. The lowest BCUT2D eigenvalue weighted by molar-refractivity contribution is -0.120. The minimum atomic E-state index is -0.351. The van der Waals surface area contributed by atoms with Gasteiger partial charge in [0.25, 0.3) is 5.56 Å². The highest BCUT2D eigenvalue weighted by Crippen LogP contribution is 2.36. The number of nitrogens with zero attached hydrogens (tertiary/aromatic N) is 2. The van der Waals surface area contributed by atoms with Crippen LogP contribution in [0.1, 0.15) is 56.4 Å². The van der Waals surface area contributed by atoms with Crippen molar-refractivity contribution in [3.05, 3.63) is 45.1 Å². The van der Waals surface area contributed by atoms with E-state index in [1.165, 1.54) is 29.5 Å². The normalized spacial score (nSPS) is 16.8. The molecule has 8 heteroatoms. The Labute approximate surface area is 201 Å². The number of amides is 1. The van der Waals surface area contributed by atoms with Crippen LogP contribution in [0.25, 0.3) is 15.9 Å². The zero-order valence-corrected chi connectivity index (χ0v) is 20.7. The third-order valence-corrected chi connectivity index (χ3v) is 8.71. The number of fused-ring (bicyclic) bond motifs is 3. The summed E-state index contributed by atoms with van der Waals surface area (Å²) in [4.78, 5) is 33.7. The number of thiophene rings is 1. The molecule has 1 aromatic carbocycles. The Balaban J connectivity index is 1.54. The van der Waals surface area contributed by atoms with Gasteiger partial charge in [-0.2, -0.15) is 0 Å². The minimum Gasteiger partial charge on any atom is -0.494 e. The van der Waals surface area contributed by atoms with E-state index < -0.39 is 0 Å². The Bertz CT molecular complexity index is 1230. The fraction of sp³-hybridized carbons (Fsp3) is 0.480. The summed E-state index contributed by atoms with van der Waals surface area (Å²) in [6.07, 6.45) is 7.48. The van der Waals surface area contributed by atoms with Crippen molar-refractivity contribution in [1.82, 2.24) is 14.9 Å². The van der Waals surface area contributed by atoms with E-state index in [0.29, 0.717) is 11.8 Å². The number of thioether (sulfide) groups is 1. The molecule has 1 atom stereocenters. The lowest BCUT2D eigenvalue weighted by atomic mass is 10.2. The predicted octanol–water partition coefficient (Wildman–Crippen LogP) is 4.87. The van der Waals surface area contributed by atoms with Gasteiger partial charge in [-0.3, -0.25) is 14.2 Å². The molecule has 0 spiro atoms. The maximum atomic E-state index is 13.8. The molecule has 0 saturated heterocycles. The second kappa shape index (κ2) is 9.50. The monoisotopic (exact) mass is 483 g/mol. The van der Waals surface area contributed by atoms with E-state index >= 15 is 0 Å². The number of benzene rings is 1. The van der Waals surface area contributed by atoms with Crippen molar-refractivity contribution in [2.75, 3.05) is 6.61 Å². The number of ether oxygens (including phenoxy) is 1. The highest BCUT2D eigenvalue weighted by Gasteiger charge is 2.27. The molecule has 2 heterocycles. The van der Waals surface area contributed by atoms with E-state index in [9.17, 15) is 9.59 Å². The quantitative estimate of drug-likeness (QED) is 0.383. The number of carbonyl (C=O) groups is 1. The molecule has 2 aromatic heterocycles. The summed E-state index contributed by atoms with van der Waals surface area (Å²) in [6, 6.07) is 7.79. The van der Waals surface area contributed by atoms with E-state index in [4.69, 9.17) is 9.72 Å². The smallest absolute Gasteiger partial charge is 0.267 e. The molecule has 1 saturated carbocycles. The van der Waals surface area contributed by atoms with Crippen LogP contribution in [0.3, 0.4) is 0 Å². The van der Waals surface area contributed by atoms with Gasteiger partial charge in [-0.05, 0) is 75.8 Å². The van der Waals surface area contributed by atoms with Crippen LogP contribution in [-0.2, 0) is 17.6 Å². The third-order valence-electron chi connectivity index (χ3n) is 6.47. The Hall–Kier alpha value is -2.32. The molecule has 1 N–H and O–H groups in total. The van der Waals surface area contributed by atoms with Crippen LogP contribution < -0.4 is 15.6 Å². The van der Waals surface area contributed by atoms with Crippen molar-refractivity contribution in [2.45, 2.75) is 75.2 Å². The third kappa shape index (κ3) is 4.43. The predicted molar refractivity (Wildman–Crippen MR) is 134 cm³/mol. The van der Waals surface area contributed by atoms with Gasteiger partial charge in [0.05, 0.1) is 22.9 Å². The molecule has 174 valence electrons. The Morgan fingerprint density at radius 3 is 2.73 bits per heavy atom. The molecule has 2 aliphatic rings. The maximum Gasteiger partial charge on any atom is 0.267 e. The van der Waals surface area contributed by atoms with E-state index in [2.05, 4.69) is 5.32 Å². The van der Waals surface area contributed by atoms with Gasteiger partial charge < -0.3 is 10.1 Å². The fourth-order valence-electron chi connectivity index (χ4n) is 4.79. The van der Waals surface area contributed by atoms with Gasteiger partial charge in [-0.25, -0.2) is 4.98 Å². The summed E-state index contributed by atoms with van der Waals surface area (Å²) in [6.45, 7) is 4.42. The van der Waals surface area contributed by atoms with Crippen LogP contribution in [0.5, 0.6) is 5.75 Å². The first-order chi connectivity index (χ1) is 16.0. The lowest BCUT2D eigenvalue weighted by Crippen LogP contribution is -2.38. The number of aromatic nitrogens is 2. The number of nitrogens with one attached hydrogen (secondary N) is 1. The van der Waals surface area contributed by atoms with Crippen LogP contribution >= 0.6 is 23.1 Å². The van der Waals surface area contributed by atoms with Gasteiger partial charge in [-0.1, -0.05) is 24.6 Å². The highest BCUT2D eigenvalue weighted by molar-refractivity contribution is 8.00. The fourth-order valence-corrected chi connectivity index (χ4v) is 7.03. The van der Waals surface area contributed by atoms with Gasteiger partial charge in [0.15, 0.2) is 5.16 Å². The standard InChI is InChI=1S/C25H29N3O3S2/c1-3-31-18-13-11-17(12-14-18)28-24(30)21-19-9-6-10-20(19)33-23(21)27-25(28)32-15(2)22(29)26-16-7-4-5-8-16/h11-16H,3-10H2,1-2H3,(H,26,29). The molecule has 1 unspecified atom stereocenters. The van der Waals surface area contributed by atoms with Gasteiger partial charge in [0.2, 0.25) is 5.91 Å². The zero-order chi connectivity index (χ0) is 22.9. The Morgan fingerprint density at radius 1 is 1.24 bits per heavy atom. The van der Waals surface area contributed by atoms with Crippen LogP contribution in [0.15, 0.2) is 34.2 Å². The molecule has 5 rings (SSSR count). The van der Waals surface area contributed by atoms with E-state index in [-0.39, 0.29) is 22.8 Å². The second-order valence-electron chi connectivity index (χ2n) is 8.75. The van der Waals surface area contributed by atoms with E-state index in [1.54, 1.807) is 15.9 Å². The summed E-state index contributed by atoms with van der Waals surface area (Å²) < 4.78 is 7.25. The van der Waals surface area contributed by atoms with Crippen LogP contribution in [0, 0.1) is 0 Å². The summed E-state index contributed by atoms with van der Waals surface area (Å²) >= 11 is 2.99. The highest BCUT2D eigenvalue weighted by atomic mass is 32.2. The lowest BCUT2D eigenvalue weighted by Gasteiger charge is -2.18. The Morgan fingerprint density at radius 2 is 2.00 bits per heavy atom. The molecule has 6 nitrogen and oxygen atoms in total. The van der Waals surface area contributed by atoms with Crippen molar-refractivity contribution < 1.29 is 9.53 Å². The topological polar surface area (TPSA) is 73.2 Å². The molecule has 1 amide bonds. The average Bonchev–Trinajstić information content (AvgIpc) is 3.53. The minimum absolute atomic E-state index is 0.00756. The molecule has 1 fully saturated rings. The Kier molecular flexibility index (Phi) is 6.47. The van der Waals surface area contributed by atoms with Crippen molar-refractivity contribution in [1.29, 1.82) is 0 Å². The van der Waals surface area contributed by atoms with Crippen LogP contribution in [-0.4, -0.2) is 33.4 Å². The molecule has 0 aliphatic heterocycles. The summed E-state index contributed by atoms with van der Waals surface area (Å²) in [5.74, 6) is 0.770. The maximum absolute atomic E-state index is 13.8. The molecular weight excluding hydrogens is 454 g/mol. The average molecular weight is 484 g/mol. The first-order valence-electron chi connectivity index (χ1n) is 11.8. The molecule has 2 aliphatic carbocycles. The van der Waals surface area contributed by atoms with Gasteiger partial charge >= 0.3 is 0 Å². The first-order valence-corrected chi connectivity index (χ1v) is 13.5. The largest absolute Gasteiger partial charge is 0.494 e. The van der Waals surface area contributed by atoms with Crippen molar-refractivity contribution >= 4 is 39.2 Å². The van der Waals surface area contributed by atoms with Gasteiger partial charge in [0, 0.05) is 10.9 Å². The molecule has 3 aromatic rings. The number of aryl methyl sites for hydroxylation is 2. The first kappa shape index (κ1) is 22.5. The summed E-state index contributed by atoms with van der Waals surface area (Å²) in [5.41, 5.74) is 1.85. The van der Waals surface area contributed by atoms with Gasteiger partial charge in [-0.15, -0.1) is 11.3 Å². The van der Waals surface area contributed by atoms with E-state index in [1.807, 2.05) is 38.1 Å². The second-order valence-corrected chi connectivity index (χ2v) is 11.1.